The van der Waals surface area contributed by atoms with Crippen molar-refractivity contribution in [2.75, 3.05) is 0 Å². The average molecular weight is 453 g/mol. The van der Waals surface area contributed by atoms with Crippen molar-refractivity contribution >= 4 is 75.4 Å². The van der Waals surface area contributed by atoms with Gasteiger partial charge >= 0.3 is 0 Å². The van der Waals surface area contributed by atoms with Crippen molar-refractivity contribution in [3.63, 3.8) is 0 Å². The minimum Gasteiger partial charge on any atom is -0.0610 e. The van der Waals surface area contributed by atoms with Crippen LogP contribution in [0.15, 0.2) is 121 Å². The van der Waals surface area contributed by atoms with Crippen molar-refractivity contribution in [1.29, 1.82) is 0 Å². The maximum absolute atomic E-state index is 2.41. The molecule has 0 unspecified atom stereocenters. The molecular weight excluding hydrogens is 432 g/mol. The molecule has 0 N–H and O–H groups in total. The van der Waals surface area contributed by atoms with E-state index in [2.05, 4.69) is 121 Å². The zero-order chi connectivity index (χ0) is 23.4. The fourth-order valence-corrected chi connectivity index (χ4v) is 6.69. The first-order valence-electron chi connectivity index (χ1n) is 12.6. The maximum atomic E-state index is 2.41. The van der Waals surface area contributed by atoms with Crippen LogP contribution in [0.1, 0.15) is 0 Å². The molecule has 0 aliphatic carbocycles. The second kappa shape index (κ2) is 6.50. The molecule has 0 amide bonds. The summed E-state index contributed by atoms with van der Waals surface area (Å²) in [4.78, 5) is 0. The number of rotatable bonds is 1. The minimum absolute atomic E-state index is 1.27. The molecule has 0 aliphatic heterocycles. The number of benzene rings is 9. The van der Waals surface area contributed by atoms with Crippen LogP contribution in [0.2, 0.25) is 0 Å². The third kappa shape index (κ3) is 2.29. The predicted molar refractivity (Wildman–Crippen MR) is 157 cm³/mol. The highest BCUT2D eigenvalue weighted by molar-refractivity contribution is 6.30. The van der Waals surface area contributed by atoms with Gasteiger partial charge in [-0.25, -0.2) is 0 Å². The van der Waals surface area contributed by atoms with Crippen molar-refractivity contribution in [2.24, 2.45) is 0 Å². The Morgan fingerprint density at radius 3 is 1.47 bits per heavy atom. The van der Waals surface area contributed by atoms with Crippen LogP contribution in [-0.4, -0.2) is 0 Å². The third-order valence-corrected chi connectivity index (χ3v) is 8.30. The summed E-state index contributed by atoms with van der Waals surface area (Å²) in [5, 5.41) is 18.7. The summed E-state index contributed by atoms with van der Waals surface area (Å²) in [6.45, 7) is 0. The van der Waals surface area contributed by atoms with Crippen LogP contribution in [-0.2, 0) is 0 Å². The molecule has 9 aromatic rings. The first-order chi connectivity index (χ1) is 17.8. The molecule has 0 aliphatic rings. The van der Waals surface area contributed by atoms with E-state index in [0.717, 1.165) is 0 Å². The van der Waals surface area contributed by atoms with Gasteiger partial charge in [-0.2, -0.15) is 0 Å². The van der Waals surface area contributed by atoms with E-state index in [1.807, 2.05) is 0 Å². The molecule has 0 saturated heterocycles. The highest BCUT2D eigenvalue weighted by atomic mass is 14.2. The van der Waals surface area contributed by atoms with Crippen LogP contribution in [0.4, 0.5) is 0 Å². The summed E-state index contributed by atoms with van der Waals surface area (Å²) in [5.41, 5.74) is 2.57. The molecule has 164 valence electrons. The Hall–Kier alpha value is -4.68. The molecule has 0 heterocycles. The van der Waals surface area contributed by atoms with Gasteiger partial charge in [0.15, 0.2) is 0 Å². The van der Waals surface area contributed by atoms with E-state index in [0.29, 0.717) is 0 Å². The molecule has 9 aromatic carbocycles. The molecule has 0 atom stereocenters. The molecule has 0 aromatic heterocycles. The van der Waals surface area contributed by atoms with Crippen molar-refractivity contribution < 1.29 is 0 Å². The quantitative estimate of drug-likeness (QED) is 0.172. The topological polar surface area (TPSA) is 0 Å². The van der Waals surface area contributed by atoms with Crippen LogP contribution in [0.5, 0.6) is 0 Å². The van der Waals surface area contributed by atoms with E-state index < -0.39 is 0 Å². The van der Waals surface area contributed by atoms with E-state index in [1.165, 1.54) is 86.5 Å². The molecule has 0 saturated carbocycles. The van der Waals surface area contributed by atoms with Crippen molar-refractivity contribution in [1.82, 2.24) is 0 Å². The normalized spacial score (nSPS) is 12.4. The first-order valence-corrected chi connectivity index (χ1v) is 12.6. The van der Waals surface area contributed by atoms with Crippen molar-refractivity contribution in [3.8, 4) is 11.1 Å². The van der Waals surface area contributed by atoms with E-state index in [4.69, 9.17) is 0 Å². The fourth-order valence-electron chi connectivity index (χ4n) is 6.69. The third-order valence-electron chi connectivity index (χ3n) is 8.30. The Bertz CT molecular complexity index is 2270. The maximum Gasteiger partial charge on any atom is -0.00203 e. The minimum atomic E-state index is 1.27. The molecule has 36 heavy (non-hydrogen) atoms. The zero-order valence-electron chi connectivity index (χ0n) is 19.5. The standard InChI is InChI=1S/C36H20/c1-3-21-7-8-25-13-16-29(30-17-14-23(5-1)33(21)35(25)30)27-11-10-26-19-28-12-9-22-4-2-6-24-15-18-31(32(26)20-27)36(28)34(22)24/h1-20H. The van der Waals surface area contributed by atoms with Gasteiger partial charge in [0.05, 0.1) is 0 Å². The molecular formula is C36H20. The van der Waals surface area contributed by atoms with Crippen LogP contribution in [0, 0.1) is 0 Å². The highest BCUT2D eigenvalue weighted by Crippen LogP contribution is 2.42. The van der Waals surface area contributed by atoms with Crippen LogP contribution in [0.25, 0.3) is 86.5 Å². The summed E-state index contributed by atoms with van der Waals surface area (Å²) in [6.07, 6.45) is 0. The summed E-state index contributed by atoms with van der Waals surface area (Å²) in [7, 11) is 0. The molecule has 0 bridgehead atoms. The highest BCUT2D eigenvalue weighted by Gasteiger charge is 2.14. The van der Waals surface area contributed by atoms with E-state index >= 15 is 0 Å². The van der Waals surface area contributed by atoms with E-state index in [9.17, 15) is 0 Å². The average Bonchev–Trinajstić information content (AvgIpc) is 2.94. The van der Waals surface area contributed by atoms with E-state index in [-0.39, 0.29) is 0 Å². The van der Waals surface area contributed by atoms with Gasteiger partial charge in [-0.1, -0.05) is 109 Å². The smallest absolute Gasteiger partial charge is 0.00203 e. The summed E-state index contributed by atoms with van der Waals surface area (Å²) in [5.74, 6) is 0. The Kier molecular flexibility index (Phi) is 3.36. The Balaban J connectivity index is 1.40. The Morgan fingerprint density at radius 2 is 0.778 bits per heavy atom. The Labute approximate surface area is 207 Å². The summed E-state index contributed by atoms with van der Waals surface area (Å²) >= 11 is 0. The number of fused-ring (bicyclic) bond motifs is 2. The molecule has 0 fully saturated rings. The van der Waals surface area contributed by atoms with Gasteiger partial charge in [0.25, 0.3) is 0 Å². The van der Waals surface area contributed by atoms with Crippen molar-refractivity contribution in [2.45, 2.75) is 0 Å². The second-order valence-electron chi connectivity index (χ2n) is 10.1. The van der Waals surface area contributed by atoms with Gasteiger partial charge in [-0.15, -0.1) is 0 Å². The fraction of sp³-hybridized carbons (Fsp3) is 0. The molecule has 0 nitrogen and oxygen atoms in total. The second-order valence-corrected chi connectivity index (χ2v) is 10.1. The summed E-state index contributed by atoms with van der Waals surface area (Å²) in [6, 6.07) is 45.4. The van der Waals surface area contributed by atoms with Gasteiger partial charge in [0, 0.05) is 0 Å². The van der Waals surface area contributed by atoms with Crippen molar-refractivity contribution in [3.05, 3.63) is 121 Å². The predicted octanol–water partition coefficient (Wildman–Crippen LogP) is 10.3. The number of hydrogen-bond acceptors (Lipinski definition) is 0. The first kappa shape index (κ1) is 18.6. The van der Waals surface area contributed by atoms with Crippen LogP contribution >= 0.6 is 0 Å². The lowest BCUT2D eigenvalue weighted by Gasteiger charge is -2.16. The van der Waals surface area contributed by atoms with Crippen LogP contribution in [0.3, 0.4) is 0 Å². The lowest BCUT2D eigenvalue weighted by atomic mass is 9.87. The largest absolute Gasteiger partial charge is 0.0610 e. The van der Waals surface area contributed by atoms with Crippen LogP contribution < -0.4 is 0 Å². The number of hydrogen-bond donors (Lipinski definition) is 0. The molecule has 0 radical (unpaired) electrons. The molecule has 0 spiro atoms. The van der Waals surface area contributed by atoms with Gasteiger partial charge in [-0.05, 0) is 98.7 Å². The monoisotopic (exact) mass is 452 g/mol. The van der Waals surface area contributed by atoms with Gasteiger partial charge < -0.3 is 0 Å². The lowest BCUT2D eigenvalue weighted by molar-refractivity contribution is 1.71. The molecule has 9 rings (SSSR count). The lowest BCUT2D eigenvalue weighted by Crippen LogP contribution is -1.88. The van der Waals surface area contributed by atoms with Gasteiger partial charge in [0.2, 0.25) is 0 Å². The zero-order valence-corrected chi connectivity index (χ0v) is 19.5. The van der Waals surface area contributed by atoms with E-state index in [1.54, 1.807) is 0 Å². The van der Waals surface area contributed by atoms with Gasteiger partial charge in [0.1, 0.15) is 0 Å². The summed E-state index contributed by atoms with van der Waals surface area (Å²) < 4.78 is 0. The molecule has 0 heteroatoms. The van der Waals surface area contributed by atoms with Gasteiger partial charge in [-0.3, -0.25) is 0 Å². The SMILES string of the molecule is c1cc2ccc3ccc(-c4ccc5cc6ccc7cccc8ccc(c5c4)c6c78)c4ccc(c1)c2c34. The Morgan fingerprint density at radius 1 is 0.278 bits per heavy atom.